The molecule has 0 unspecified atom stereocenters. The quantitative estimate of drug-likeness (QED) is 0.442. The van der Waals surface area contributed by atoms with E-state index in [2.05, 4.69) is 9.63 Å². The minimum absolute atomic E-state index is 0.785. The second kappa shape index (κ2) is 2.12. The van der Waals surface area contributed by atoms with E-state index in [4.69, 9.17) is 0 Å². The maximum absolute atomic E-state index is 3.78. The molecule has 0 aromatic carbocycles. The van der Waals surface area contributed by atoms with Crippen LogP contribution in [0.3, 0.4) is 0 Å². The van der Waals surface area contributed by atoms with Crippen molar-refractivity contribution in [2.75, 3.05) is 6.54 Å². The Labute approximate surface area is 46.8 Å². The number of hydrogen-bond acceptors (Lipinski definition) is 3. The Bertz CT molecular complexity index is 117. The van der Waals surface area contributed by atoms with Crippen molar-refractivity contribution >= 4 is 11.9 Å². The molecule has 1 aliphatic heterocycles. The van der Waals surface area contributed by atoms with Crippen molar-refractivity contribution in [1.29, 1.82) is 0 Å². The second-order valence-electron chi connectivity index (χ2n) is 1.45. The average molecular weight is 114 g/mol. The summed E-state index contributed by atoms with van der Waals surface area (Å²) in [6.45, 7) is 2.83. The molecule has 1 rings (SSSR count). The normalized spacial score (nSPS) is 19.3. The molecule has 0 bridgehead atoms. The lowest BCUT2D eigenvalue weighted by atomic mass is 10.4. The van der Waals surface area contributed by atoms with Gasteiger partial charge in [-0.15, -0.1) is 4.52 Å². The molecule has 0 N–H and O–H groups in total. The lowest BCUT2D eigenvalue weighted by Crippen LogP contribution is -1.81. The van der Waals surface area contributed by atoms with Crippen LogP contribution in [0.2, 0.25) is 0 Å². The van der Waals surface area contributed by atoms with Gasteiger partial charge in [-0.2, -0.15) is 5.11 Å². The highest BCUT2D eigenvalue weighted by molar-refractivity contribution is 8.00. The van der Waals surface area contributed by atoms with Crippen molar-refractivity contribution in [1.82, 2.24) is 0 Å². The largest absolute Gasteiger partial charge is 0.177 e. The zero-order valence-electron chi connectivity index (χ0n) is 4.09. The summed E-state index contributed by atoms with van der Waals surface area (Å²) in [5.41, 5.74) is 1.29. The molecule has 1 heterocycles. The predicted octanol–water partition coefficient (Wildman–Crippen LogP) is 2.00. The van der Waals surface area contributed by atoms with Crippen LogP contribution in [-0.2, 0) is 0 Å². The van der Waals surface area contributed by atoms with Gasteiger partial charge in [0, 0.05) is 11.9 Å². The zero-order chi connectivity index (χ0) is 5.11. The molecule has 0 spiro atoms. The van der Waals surface area contributed by atoms with Crippen molar-refractivity contribution in [3.05, 3.63) is 11.0 Å². The number of hydrogen-bond donors (Lipinski definition) is 0. The van der Waals surface area contributed by atoms with Crippen LogP contribution in [0, 0.1) is 0 Å². The standard InChI is InChI=1S/C4H6N2S/c1-4-2-5-6-7-3-4/h3H,2H2,1H3. The molecule has 7 heavy (non-hydrogen) atoms. The minimum atomic E-state index is 0.785. The van der Waals surface area contributed by atoms with Crippen LogP contribution >= 0.6 is 11.9 Å². The highest BCUT2D eigenvalue weighted by Gasteiger charge is 1.90. The molecule has 38 valence electrons. The second-order valence-corrected chi connectivity index (χ2v) is 2.06. The molecule has 0 aromatic rings. The summed E-state index contributed by atoms with van der Waals surface area (Å²) in [5, 5.41) is 5.78. The van der Waals surface area contributed by atoms with E-state index in [0.29, 0.717) is 0 Å². The topological polar surface area (TPSA) is 24.7 Å². The lowest BCUT2D eigenvalue weighted by Gasteiger charge is -1.95. The lowest BCUT2D eigenvalue weighted by molar-refractivity contribution is 1.05. The fourth-order valence-corrected chi connectivity index (χ4v) is 0.751. The average Bonchev–Trinajstić information content (AvgIpc) is 1.69. The molecular weight excluding hydrogens is 108 g/mol. The van der Waals surface area contributed by atoms with E-state index in [1.54, 1.807) is 0 Å². The van der Waals surface area contributed by atoms with Crippen molar-refractivity contribution in [2.45, 2.75) is 6.92 Å². The summed E-state index contributed by atoms with van der Waals surface area (Å²) in [6, 6.07) is 0. The summed E-state index contributed by atoms with van der Waals surface area (Å²) < 4.78 is 3.69. The zero-order valence-corrected chi connectivity index (χ0v) is 4.90. The molecule has 0 aliphatic carbocycles. The van der Waals surface area contributed by atoms with Crippen molar-refractivity contribution in [3.63, 3.8) is 0 Å². The first kappa shape index (κ1) is 4.84. The summed E-state index contributed by atoms with van der Waals surface area (Å²) in [6.07, 6.45) is 0. The third-order valence-corrected chi connectivity index (χ3v) is 1.40. The summed E-state index contributed by atoms with van der Waals surface area (Å²) in [7, 11) is 0. The monoisotopic (exact) mass is 114 g/mol. The first-order chi connectivity index (χ1) is 3.39. The van der Waals surface area contributed by atoms with E-state index in [-0.39, 0.29) is 0 Å². The molecular formula is C4H6N2S. The summed E-state index contributed by atoms with van der Waals surface area (Å²) >= 11 is 1.40. The minimum Gasteiger partial charge on any atom is -0.177 e. The summed E-state index contributed by atoms with van der Waals surface area (Å²) in [4.78, 5) is 0. The van der Waals surface area contributed by atoms with Crippen LogP contribution in [0.1, 0.15) is 6.92 Å². The molecule has 0 atom stereocenters. The van der Waals surface area contributed by atoms with Crippen LogP contribution in [-0.4, -0.2) is 6.54 Å². The Morgan fingerprint density at radius 3 is 3.00 bits per heavy atom. The van der Waals surface area contributed by atoms with Crippen molar-refractivity contribution in [2.24, 2.45) is 9.63 Å². The van der Waals surface area contributed by atoms with Crippen LogP contribution in [0.25, 0.3) is 0 Å². The molecule has 0 saturated heterocycles. The molecule has 2 nitrogen and oxygen atoms in total. The smallest absolute Gasteiger partial charge is 0.0826 e. The molecule has 0 aromatic heterocycles. The van der Waals surface area contributed by atoms with E-state index >= 15 is 0 Å². The Balaban J connectivity index is 2.50. The third kappa shape index (κ3) is 1.31. The van der Waals surface area contributed by atoms with Gasteiger partial charge in [0.2, 0.25) is 0 Å². The van der Waals surface area contributed by atoms with E-state index in [1.807, 2.05) is 12.3 Å². The van der Waals surface area contributed by atoms with Crippen LogP contribution in [0.4, 0.5) is 0 Å². The van der Waals surface area contributed by atoms with Gasteiger partial charge >= 0.3 is 0 Å². The van der Waals surface area contributed by atoms with Gasteiger partial charge in [0.1, 0.15) is 0 Å². The SMILES string of the molecule is CC1=CSN=NC1. The van der Waals surface area contributed by atoms with E-state index in [9.17, 15) is 0 Å². The van der Waals surface area contributed by atoms with Gasteiger partial charge in [-0.3, -0.25) is 0 Å². The van der Waals surface area contributed by atoms with Crippen LogP contribution < -0.4 is 0 Å². The Hall–Kier alpha value is -0.310. The molecule has 0 amide bonds. The molecule has 0 saturated carbocycles. The Morgan fingerprint density at radius 2 is 2.71 bits per heavy atom. The summed E-state index contributed by atoms with van der Waals surface area (Å²) in [5.74, 6) is 0. The fraction of sp³-hybridized carbons (Fsp3) is 0.500. The first-order valence-electron chi connectivity index (χ1n) is 2.08. The first-order valence-corrected chi connectivity index (χ1v) is 2.91. The molecule has 0 fully saturated rings. The molecule has 0 radical (unpaired) electrons. The Morgan fingerprint density at radius 1 is 1.86 bits per heavy atom. The third-order valence-electron chi connectivity index (χ3n) is 0.679. The van der Waals surface area contributed by atoms with Crippen LogP contribution in [0.15, 0.2) is 20.6 Å². The highest BCUT2D eigenvalue weighted by Crippen LogP contribution is 2.13. The molecule has 3 heteroatoms. The van der Waals surface area contributed by atoms with E-state index < -0.39 is 0 Å². The highest BCUT2D eigenvalue weighted by atomic mass is 32.2. The van der Waals surface area contributed by atoms with Gasteiger partial charge in [0.05, 0.1) is 6.54 Å². The maximum atomic E-state index is 3.78. The van der Waals surface area contributed by atoms with Gasteiger partial charge in [0.25, 0.3) is 0 Å². The predicted molar refractivity (Wildman–Crippen MR) is 31.1 cm³/mol. The number of nitrogens with zero attached hydrogens (tertiary/aromatic N) is 2. The van der Waals surface area contributed by atoms with Gasteiger partial charge in [0.15, 0.2) is 0 Å². The van der Waals surface area contributed by atoms with E-state index in [1.165, 1.54) is 17.5 Å². The van der Waals surface area contributed by atoms with Crippen molar-refractivity contribution in [3.8, 4) is 0 Å². The van der Waals surface area contributed by atoms with Crippen molar-refractivity contribution < 1.29 is 0 Å². The molecule has 1 aliphatic rings. The fourth-order valence-electron chi connectivity index (χ4n) is 0.325. The van der Waals surface area contributed by atoms with Gasteiger partial charge in [-0.25, -0.2) is 0 Å². The maximum Gasteiger partial charge on any atom is 0.0826 e. The Kier molecular flexibility index (Phi) is 1.46. The van der Waals surface area contributed by atoms with Crippen LogP contribution in [0.5, 0.6) is 0 Å². The van der Waals surface area contributed by atoms with Gasteiger partial charge in [-0.1, -0.05) is 0 Å². The van der Waals surface area contributed by atoms with Gasteiger partial charge < -0.3 is 0 Å². The van der Waals surface area contributed by atoms with E-state index in [0.717, 1.165) is 6.54 Å². The van der Waals surface area contributed by atoms with Gasteiger partial charge in [-0.05, 0) is 17.9 Å². The number of rotatable bonds is 0.